The summed E-state index contributed by atoms with van der Waals surface area (Å²) < 4.78 is 0. The lowest BCUT2D eigenvalue weighted by molar-refractivity contribution is -0.126. The second-order valence-electron chi connectivity index (χ2n) is 5.48. The molecule has 0 aromatic heterocycles. The predicted molar refractivity (Wildman–Crippen MR) is 80.1 cm³/mol. The van der Waals surface area contributed by atoms with Crippen molar-refractivity contribution in [2.75, 3.05) is 0 Å². The van der Waals surface area contributed by atoms with E-state index in [1.54, 1.807) is 6.92 Å². The van der Waals surface area contributed by atoms with E-state index >= 15 is 0 Å². The number of carbonyl (C=O) groups is 2. The summed E-state index contributed by atoms with van der Waals surface area (Å²) in [5.74, 6) is 0.0195. The van der Waals surface area contributed by atoms with E-state index in [1.807, 2.05) is 0 Å². The van der Waals surface area contributed by atoms with Crippen LogP contribution in [0.25, 0.3) is 0 Å². The molecule has 1 amide bonds. The van der Waals surface area contributed by atoms with Crippen LogP contribution in [-0.4, -0.2) is 17.7 Å². The van der Waals surface area contributed by atoms with Crippen LogP contribution in [0, 0.1) is 0 Å². The summed E-state index contributed by atoms with van der Waals surface area (Å²) in [7, 11) is 0. The molecule has 0 aromatic carbocycles. The Labute approximate surface area is 118 Å². The first-order valence-corrected chi connectivity index (χ1v) is 7.87. The minimum absolute atomic E-state index is 0.00523. The first-order chi connectivity index (χ1) is 9.07. The highest BCUT2D eigenvalue weighted by atomic mass is 16.2. The number of hydrogen-bond acceptors (Lipinski definition) is 2. The van der Waals surface area contributed by atoms with Crippen molar-refractivity contribution in [1.82, 2.24) is 5.32 Å². The van der Waals surface area contributed by atoms with Gasteiger partial charge in [0, 0.05) is 6.42 Å². The van der Waals surface area contributed by atoms with Gasteiger partial charge in [-0.25, -0.2) is 0 Å². The first-order valence-electron chi connectivity index (χ1n) is 7.87. The Bertz CT molecular complexity index is 251. The highest BCUT2D eigenvalue weighted by molar-refractivity contribution is 5.86. The number of unbranched alkanes of at least 4 members (excludes halogenated alkanes) is 8. The molecule has 0 heterocycles. The monoisotopic (exact) mass is 269 g/mol. The van der Waals surface area contributed by atoms with Crippen LogP contribution in [0.3, 0.4) is 0 Å². The molecule has 1 atom stereocenters. The van der Waals surface area contributed by atoms with E-state index in [2.05, 4.69) is 12.2 Å². The third-order valence-electron chi connectivity index (χ3n) is 3.49. The van der Waals surface area contributed by atoms with E-state index in [-0.39, 0.29) is 17.7 Å². The van der Waals surface area contributed by atoms with Gasteiger partial charge < -0.3 is 5.32 Å². The number of nitrogens with one attached hydrogen (secondary N) is 1. The van der Waals surface area contributed by atoms with Gasteiger partial charge in [-0.1, -0.05) is 58.3 Å². The lowest BCUT2D eigenvalue weighted by atomic mass is 10.1. The third-order valence-corrected chi connectivity index (χ3v) is 3.49. The van der Waals surface area contributed by atoms with Crippen LogP contribution >= 0.6 is 0 Å². The average Bonchev–Trinajstić information content (AvgIpc) is 2.36. The summed E-state index contributed by atoms with van der Waals surface area (Å²) in [6.45, 7) is 5.47. The molecule has 0 rings (SSSR count). The molecule has 19 heavy (non-hydrogen) atoms. The second kappa shape index (κ2) is 12.2. The Morgan fingerprint density at radius 1 is 0.895 bits per heavy atom. The molecule has 0 aliphatic carbocycles. The summed E-state index contributed by atoms with van der Waals surface area (Å²) in [5, 5.41) is 2.72. The van der Waals surface area contributed by atoms with Gasteiger partial charge in [-0.3, -0.25) is 9.59 Å². The van der Waals surface area contributed by atoms with Crippen molar-refractivity contribution < 1.29 is 9.59 Å². The molecule has 3 nitrogen and oxygen atoms in total. The van der Waals surface area contributed by atoms with E-state index < -0.39 is 0 Å². The first kappa shape index (κ1) is 18.1. The minimum atomic E-state index is -0.342. The predicted octanol–water partition coefficient (Wildman–Crippen LogP) is 4.00. The summed E-state index contributed by atoms with van der Waals surface area (Å²) in [6.07, 6.45) is 11.8. The van der Waals surface area contributed by atoms with E-state index in [1.165, 1.54) is 51.9 Å². The van der Waals surface area contributed by atoms with Crippen molar-refractivity contribution >= 4 is 11.7 Å². The van der Waals surface area contributed by atoms with Gasteiger partial charge in [-0.05, 0) is 20.3 Å². The molecule has 0 aliphatic heterocycles. The fraction of sp³-hybridized carbons (Fsp3) is 0.875. The van der Waals surface area contributed by atoms with Gasteiger partial charge >= 0.3 is 0 Å². The molecule has 112 valence electrons. The van der Waals surface area contributed by atoms with Gasteiger partial charge in [0.15, 0.2) is 5.78 Å². The molecule has 0 aliphatic rings. The van der Waals surface area contributed by atoms with Gasteiger partial charge in [0.1, 0.15) is 0 Å². The zero-order valence-electron chi connectivity index (χ0n) is 13.0. The third kappa shape index (κ3) is 11.9. The van der Waals surface area contributed by atoms with Crippen molar-refractivity contribution in [2.24, 2.45) is 0 Å². The maximum atomic E-state index is 11.5. The van der Waals surface area contributed by atoms with Crippen LogP contribution in [0.15, 0.2) is 0 Å². The van der Waals surface area contributed by atoms with E-state index in [9.17, 15) is 9.59 Å². The molecule has 0 radical (unpaired) electrons. The Kier molecular flexibility index (Phi) is 11.6. The van der Waals surface area contributed by atoms with Crippen molar-refractivity contribution in [1.29, 1.82) is 0 Å². The van der Waals surface area contributed by atoms with Gasteiger partial charge in [-0.15, -0.1) is 0 Å². The van der Waals surface area contributed by atoms with Crippen molar-refractivity contribution in [3.63, 3.8) is 0 Å². The number of amides is 1. The average molecular weight is 269 g/mol. The van der Waals surface area contributed by atoms with Crippen LogP contribution < -0.4 is 5.32 Å². The molecule has 0 fully saturated rings. The van der Waals surface area contributed by atoms with Crippen LogP contribution in [0.5, 0.6) is 0 Å². The molecule has 0 aromatic rings. The molecule has 3 heteroatoms. The number of ketones is 1. The van der Waals surface area contributed by atoms with Crippen LogP contribution in [-0.2, 0) is 9.59 Å². The Hall–Kier alpha value is -0.860. The maximum Gasteiger partial charge on any atom is 0.220 e. The topological polar surface area (TPSA) is 46.2 Å². The number of rotatable bonds is 12. The highest BCUT2D eigenvalue weighted by Crippen LogP contribution is 2.10. The molecule has 0 unspecified atom stereocenters. The SMILES string of the molecule is CCCCCCCCCCCC(=O)N[C@@H](C)C(C)=O. The van der Waals surface area contributed by atoms with Gasteiger partial charge in [0.25, 0.3) is 0 Å². The van der Waals surface area contributed by atoms with E-state index in [4.69, 9.17) is 0 Å². The summed E-state index contributed by atoms with van der Waals surface area (Å²) in [4.78, 5) is 22.5. The Morgan fingerprint density at radius 2 is 1.37 bits per heavy atom. The molecule has 1 N–H and O–H groups in total. The molecule has 0 bridgehead atoms. The minimum Gasteiger partial charge on any atom is -0.347 e. The summed E-state index contributed by atoms with van der Waals surface area (Å²) >= 11 is 0. The molecule has 0 spiro atoms. The van der Waals surface area contributed by atoms with Gasteiger partial charge in [0.05, 0.1) is 6.04 Å². The van der Waals surface area contributed by atoms with Gasteiger partial charge in [0.2, 0.25) is 5.91 Å². The largest absolute Gasteiger partial charge is 0.347 e. The molecular weight excluding hydrogens is 238 g/mol. The highest BCUT2D eigenvalue weighted by Gasteiger charge is 2.10. The fourth-order valence-corrected chi connectivity index (χ4v) is 2.01. The van der Waals surface area contributed by atoms with Crippen LogP contribution in [0.2, 0.25) is 0 Å². The molecule has 0 saturated carbocycles. The number of hydrogen-bond donors (Lipinski definition) is 1. The van der Waals surface area contributed by atoms with Crippen molar-refractivity contribution in [3.05, 3.63) is 0 Å². The maximum absolute atomic E-state index is 11.5. The fourth-order valence-electron chi connectivity index (χ4n) is 2.01. The molecular formula is C16H31NO2. The van der Waals surface area contributed by atoms with Crippen LogP contribution in [0.1, 0.15) is 85.0 Å². The summed E-state index contributed by atoms with van der Waals surface area (Å²) in [6, 6.07) is -0.342. The quantitative estimate of drug-likeness (QED) is 0.544. The van der Waals surface area contributed by atoms with Crippen molar-refractivity contribution in [2.45, 2.75) is 91.0 Å². The Morgan fingerprint density at radius 3 is 1.84 bits per heavy atom. The Balaban J connectivity index is 3.30. The normalized spacial score (nSPS) is 12.2. The molecule has 0 saturated heterocycles. The van der Waals surface area contributed by atoms with E-state index in [0.717, 1.165) is 12.8 Å². The smallest absolute Gasteiger partial charge is 0.220 e. The van der Waals surface area contributed by atoms with E-state index in [0.29, 0.717) is 6.42 Å². The number of Topliss-reactive ketones (excluding diaryl/α,β-unsaturated/α-hetero) is 1. The number of carbonyl (C=O) groups excluding carboxylic acids is 2. The lowest BCUT2D eigenvalue weighted by Crippen LogP contribution is -2.37. The van der Waals surface area contributed by atoms with Crippen LogP contribution in [0.4, 0.5) is 0 Å². The second-order valence-corrected chi connectivity index (χ2v) is 5.48. The zero-order chi connectivity index (χ0) is 14.5. The zero-order valence-corrected chi connectivity index (χ0v) is 13.0. The van der Waals surface area contributed by atoms with Gasteiger partial charge in [-0.2, -0.15) is 0 Å². The summed E-state index contributed by atoms with van der Waals surface area (Å²) in [5.41, 5.74) is 0. The van der Waals surface area contributed by atoms with Crippen molar-refractivity contribution in [3.8, 4) is 0 Å². The standard InChI is InChI=1S/C16H31NO2/c1-4-5-6-7-8-9-10-11-12-13-16(19)17-14(2)15(3)18/h14H,4-13H2,1-3H3,(H,17,19)/t14-/m0/s1. The lowest BCUT2D eigenvalue weighted by Gasteiger charge is -2.10.